The van der Waals surface area contributed by atoms with E-state index in [2.05, 4.69) is 28.2 Å². The summed E-state index contributed by atoms with van der Waals surface area (Å²) in [6.45, 7) is 8.89. The minimum absolute atomic E-state index is 0.799. The van der Waals surface area contributed by atoms with Crippen LogP contribution in [-0.4, -0.2) is 11.7 Å². The van der Waals surface area contributed by atoms with Crippen molar-refractivity contribution in [2.24, 2.45) is 0 Å². The molecule has 56 valence electrons. The van der Waals surface area contributed by atoms with E-state index in [0.29, 0.717) is 0 Å². The number of hydrogen-bond donors (Lipinski definition) is 1. The molecule has 0 radical (unpaired) electrons. The van der Waals surface area contributed by atoms with Crippen molar-refractivity contribution >= 4 is 5.82 Å². The van der Waals surface area contributed by atoms with Gasteiger partial charge in [-0.25, -0.2) is 0 Å². The van der Waals surface area contributed by atoms with Gasteiger partial charge in [0.2, 0.25) is 0 Å². The van der Waals surface area contributed by atoms with Gasteiger partial charge in [-0.05, 0) is 6.92 Å². The number of nitrogens with one attached hydrogen (secondary N) is 1. The van der Waals surface area contributed by atoms with E-state index in [9.17, 15) is 0 Å². The fourth-order valence-electron chi connectivity index (χ4n) is 0.485. The zero-order valence-corrected chi connectivity index (χ0v) is 6.13. The van der Waals surface area contributed by atoms with Crippen LogP contribution in [0.1, 0.15) is 6.92 Å². The molecule has 10 heavy (non-hydrogen) atoms. The molecule has 3 heteroatoms. The van der Waals surface area contributed by atoms with E-state index in [4.69, 9.17) is 0 Å². The predicted octanol–water partition coefficient (Wildman–Crippen LogP) is 1.91. The maximum Gasteiger partial charge on any atom is 0.169 e. The number of rotatable bonds is 2. The molecule has 0 aliphatic carbocycles. The van der Waals surface area contributed by atoms with Gasteiger partial charge in [0, 0.05) is 12.6 Å². The number of hydrogen-bond acceptors (Lipinski definition) is 3. The van der Waals surface area contributed by atoms with Crippen LogP contribution in [0, 0.1) is 0 Å². The fraction of sp³-hybridized carbons (Fsp3) is 0.286. The first-order chi connectivity index (χ1) is 4.93. The van der Waals surface area contributed by atoms with E-state index < -0.39 is 0 Å². The van der Waals surface area contributed by atoms with Crippen molar-refractivity contribution < 1.29 is 4.52 Å². The van der Waals surface area contributed by atoms with Crippen LogP contribution in [0.15, 0.2) is 30.0 Å². The highest BCUT2D eigenvalue weighted by atomic mass is 16.5. The van der Waals surface area contributed by atoms with Gasteiger partial charge in [0.25, 0.3) is 0 Å². The summed E-state index contributed by atoms with van der Waals surface area (Å²) >= 11 is 0. The maximum absolute atomic E-state index is 4.55. The van der Waals surface area contributed by atoms with Crippen molar-refractivity contribution in [3.05, 3.63) is 25.5 Å². The molecule has 0 aliphatic heterocycles. The highest BCUT2D eigenvalue weighted by molar-refractivity contribution is 5.29. The van der Waals surface area contributed by atoms with E-state index in [1.54, 1.807) is 6.07 Å². The van der Waals surface area contributed by atoms with Gasteiger partial charge in [0.15, 0.2) is 5.82 Å². The Morgan fingerprint density at radius 2 is 2.40 bits per heavy atom. The van der Waals surface area contributed by atoms with Gasteiger partial charge in [-0.15, -0.1) is 13.2 Å². The van der Waals surface area contributed by atoms with E-state index in [1.807, 2.05) is 6.92 Å². The van der Waals surface area contributed by atoms with E-state index >= 15 is 0 Å². The predicted molar refractivity (Wildman–Crippen MR) is 41.9 cm³/mol. The molecule has 3 nitrogen and oxygen atoms in total. The average Bonchev–Trinajstić information content (AvgIpc) is 2.46. The van der Waals surface area contributed by atoms with E-state index in [1.165, 1.54) is 6.26 Å². The molecule has 0 unspecified atom stereocenters. The minimum Gasteiger partial charge on any atom is -0.368 e. The summed E-state index contributed by atoms with van der Waals surface area (Å²) in [5.41, 5.74) is 0. The van der Waals surface area contributed by atoms with Gasteiger partial charge in [0.05, 0.1) is 0 Å². The molecule has 0 fully saturated rings. The Hall–Kier alpha value is -1.25. The molecule has 0 bridgehead atoms. The molecule has 1 aromatic rings. The molecule has 0 atom stereocenters. The summed E-state index contributed by atoms with van der Waals surface area (Å²) < 4.78 is 4.55. The van der Waals surface area contributed by atoms with Crippen LogP contribution in [0.2, 0.25) is 0 Å². The third-order valence-corrected chi connectivity index (χ3v) is 0.796. The molecule has 1 rings (SSSR count). The second-order valence-electron chi connectivity index (χ2n) is 1.42. The first-order valence-electron chi connectivity index (χ1n) is 3.07. The second-order valence-corrected chi connectivity index (χ2v) is 1.42. The van der Waals surface area contributed by atoms with Crippen molar-refractivity contribution in [2.75, 3.05) is 11.9 Å². The van der Waals surface area contributed by atoms with Crippen molar-refractivity contribution in [2.45, 2.75) is 6.92 Å². The summed E-state index contributed by atoms with van der Waals surface area (Å²) in [6.07, 6.45) is 1.54. The lowest BCUT2D eigenvalue weighted by atomic mass is 10.6. The van der Waals surface area contributed by atoms with Crippen LogP contribution in [0.25, 0.3) is 0 Å². The normalized spacial score (nSPS) is 7.70. The van der Waals surface area contributed by atoms with Crippen LogP contribution >= 0.6 is 0 Å². The zero-order valence-electron chi connectivity index (χ0n) is 6.13. The quantitative estimate of drug-likeness (QED) is 0.637. The monoisotopic (exact) mass is 140 g/mol. The maximum atomic E-state index is 4.55. The van der Waals surface area contributed by atoms with Crippen molar-refractivity contribution in [1.29, 1.82) is 0 Å². The van der Waals surface area contributed by atoms with Gasteiger partial charge in [-0.3, -0.25) is 0 Å². The molecule has 0 aliphatic rings. The van der Waals surface area contributed by atoms with Gasteiger partial charge < -0.3 is 9.84 Å². The zero-order chi connectivity index (χ0) is 7.82. The van der Waals surface area contributed by atoms with E-state index in [0.717, 1.165) is 12.4 Å². The molecule has 0 aromatic carbocycles. The van der Waals surface area contributed by atoms with Crippen LogP contribution in [0.3, 0.4) is 0 Å². The molecular weight excluding hydrogens is 128 g/mol. The molecule has 0 spiro atoms. The third kappa shape index (κ3) is 2.91. The minimum atomic E-state index is 0.799. The molecule has 1 aromatic heterocycles. The lowest BCUT2D eigenvalue weighted by Gasteiger charge is -1.90. The van der Waals surface area contributed by atoms with Crippen molar-refractivity contribution in [3.63, 3.8) is 0 Å². The summed E-state index contributed by atoms with van der Waals surface area (Å²) in [5.74, 6) is 0.799. The smallest absolute Gasteiger partial charge is 0.169 e. The molecule has 1 N–H and O–H groups in total. The Kier molecular flexibility index (Phi) is 5.14. The van der Waals surface area contributed by atoms with Gasteiger partial charge in [-0.1, -0.05) is 5.16 Å². The highest BCUT2D eigenvalue weighted by Gasteiger charge is 1.87. The average molecular weight is 140 g/mol. The fourth-order valence-corrected chi connectivity index (χ4v) is 0.485. The van der Waals surface area contributed by atoms with E-state index in [-0.39, 0.29) is 0 Å². The van der Waals surface area contributed by atoms with Crippen molar-refractivity contribution in [3.8, 4) is 0 Å². The van der Waals surface area contributed by atoms with Crippen LogP contribution in [0.5, 0.6) is 0 Å². The van der Waals surface area contributed by atoms with Crippen molar-refractivity contribution in [1.82, 2.24) is 5.16 Å². The summed E-state index contributed by atoms with van der Waals surface area (Å²) in [4.78, 5) is 0. The Labute approximate surface area is 60.7 Å². The topological polar surface area (TPSA) is 38.1 Å². The Balaban J connectivity index is 0.000000371. The lowest BCUT2D eigenvalue weighted by molar-refractivity contribution is 0.422. The Morgan fingerprint density at radius 3 is 2.80 bits per heavy atom. The summed E-state index contributed by atoms with van der Waals surface area (Å²) in [6, 6.07) is 1.78. The number of nitrogens with zero attached hydrogens (tertiary/aromatic N) is 1. The molecule has 0 saturated heterocycles. The van der Waals surface area contributed by atoms with Gasteiger partial charge in [-0.2, -0.15) is 0 Å². The lowest BCUT2D eigenvalue weighted by Crippen LogP contribution is -1.95. The standard InChI is InChI=1S/C5H8N2O.C2H4/c1-2-6-5-3-4-8-7-5;1-2/h3-4H,2H2,1H3,(H,6,7);1-2H2. The van der Waals surface area contributed by atoms with Crippen LogP contribution in [-0.2, 0) is 0 Å². The number of anilines is 1. The summed E-state index contributed by atoms with van der Waals surface area (Å²) in [7, 11) is 0. The molecule has 1 heterocycles. The second kappa shape index (κ2) is 5.88. The number of aromatic nitrogens is 1. The largest absolute Gasteiger partial charge is 0.368 e. The Bertz CT molecular complexity index is 149. The third-order valence-electron chi connectivity index (χ3n) is 0.796. The van der Waals surface area contributed by atoms with Gasteiger partial charge in [0.1, 0.15) is 6.26 Å². The molecule has 0 amide bonds. The Morgan fingerprint density at radius 1 is 1.70 bits per heavy atom. The molecule has 0 saturated carbocycles. The van der Waals surface area contributed by atoms with Crippen LogP contribution in [0.4, 0.5) is 5.82 Å². The van der Waals surface area contributed by atoms with Gasteiger partial charge >= 0.3 is 0 Å². The first kappa shape index (κ1) is 8.75. The highest BCUT2D eigenvalue weighted by Crippen LogP contribution is 1.98. The SMILES string of the molecule is C=C.CCNc1ccon1. The first-order valence-corrected chi connectivity index (χ1v) is 3.07. The summed E-state index contributed by atoms with van der Waals surface area (Å²) in [5, 5.41) is 6.60. The van der Waals surface area contributed by atoms with Crippen LogP contribution < -0.4 is 5.32 Å². The molecular formula is C7H12N2O.